The van der Waals surface area contributed by atoms with Crippen LogP contribution < -0.4 is 15.2 Å². The summed E-state index contributed by atoms with van der Waals surface area (Å²) in [6.07, 6.45) is 0.730. The Kier molecular flexibility index (Phi) is 8.63. The predicted octanol–water partition coefficient (Wildman–Crippen LogP) is 5.38. The monoisotopic (exact) mass is 473 g/mol. The molecule has 0 aromatic heterocycles. The summed E-state index contributed by atoms with van der Waals surface area (Å²) in [5.74, 6) is -0.0294. The van der Waals surface area contributed by atoms with Gasteiger partial charge < -0.3 is 20.1 Å². The maximum Gasteiger partial charge on any atom is 0.161 e. The number of ether oxygens (including phenoxy) is 2. The molecule has 0 saturated heterocycles. The van der Waals surface area contributed by atoms with E-state index in [2.05, 4.69) is 0 Å². The zero-order chi connectivity index (χ0) is 23.8. The normalized spacial score (nSPS) is 10.7. The van der Waals surface area contributed by atoms with Crippen molar-refractivity contribution in [2.24, 2.45) is 5.73 Å². The van der Waals surface area contributed by atoms with Gasteiger partial charge in [-0.05, 0) is 67.1 Å². The Hall–Kier alpha value is -3.16. The third-order valence-corrected chi connectivity index (χ3v) is 5.32. The molecule has 0 heterocycles. The highest BCUT2D eigenvalue weighted by Crippen LogP contribution is 2.30. The van der Waals surface area contributed by atoms with Crippen LogP contribution in [0, 0.1) is 17.0 Å². The van der Waals surface area contributed by atoms with Gasteiger partial charge in [-0.25, -0.2) is 8.78 Å². The van der Waals surface area contributed by atoms with E-state index in [1.165, 1.54) is 7.11 Å². The molecule has 0 radical (unpaired) electrons. The summed E-state index contributed by atoms with van der Waals surface area (Å²) >= 11 is 5.98. The van der Waals surface area contributed by atoms with Gasteiger partial charge in [0.05, 0.1) is 7.11 Å². The number of benzene rings is 3. The molecule has 0 aliphatic heterocycles. The van der Waals surface area contributed by atoms with Crippen LogP contribution in [0.15, 0.2) is 60.7 Å². The molecule has 3 N–H and O–H groups in total. The van der Waals surface area contributed by atoms with Crippen molar-refractivity contribution >= 4 is 17.4 Å². The van der Waals surface area contributed by atoms with Crippen LogP contribution in [0.4, 0.5) is 8.78 Å². The molecule has 0 spiro atoms. The number of hydrogen-bond donors (Lipinski definition) is 2. The molecule has 8 heteroatoms. The van der Waals surface area contributed by atoms with E-state index in [0.29, 0.717) is 47.6 Å². The van der Waals surface area contributed by atoms with E-state index in [4.69, 9.17) is 32.2 Å². The number of hydrogen-bond acceptors (Lipinski definition) is 4. The predicted molar refractivity (Wildman–Crippen MR) is 126 cm³/mol. The molecule has 174 valence electrons. The maximum absolute atomic E-state index is 13.9. The molecule has 0 fully saturated rings. The van der Waals surface area contributed by atoms with E-state index >= 15 is 0 Å². The van der Waals surface area contributed by atoms with Gasteiger partial charge in [0.15, 0.2) is 11.5 Å². The zero-order valence-corrected chi connectivity index (χ0v) is 19.0. The van der Waals surface area contributed by atoms with Crippen molar-refractivity contribution in [3.05, 3.63) is 94.0 Å². The van der Waals surface area contributed by atoms with Crippen LogP contribution in [0.3, 0.4) is 0 Å². The molecule has 0 aliphatic rings. The summed E-state index contributed by atoms with van der Waals surface area (Å²) in [6.45, 7) is 1.49. The molecule has 3 rings (SSSR count). The highest BCUT2D eigenvalue weighted by Gasteiger charge is 2.16. The third-order valence-electron chi connectivity index (χ3n) is 5.06. The zero-order valence-electron chi connectivity index (χ0n) is 18.3. The summed E-state index contributed by atoms with van der Waals surface area (Å²) in [5, 5.41) is 9.41. The van der Waals surface area contributed by atoms with Crippen molar-refractivity contribution in [1.82, 2.24) is 4.90 Å². The largest absolute Gasteiger partial charge is 0.493 e. The van der Waals surface area contributed by atoms with Crippen LogP contribution in [0.2, 0.25) is 5.02 Å². The molecule has 0 amide bonds. The van der Waals surface area contributed by atoms with Gasteiger partial charge in [-0.1, -0.05) is 23.7 Å². The quantitative estimate of drug-likeness (QED) is 0.306. The van der Waals surface area contributed by atoms with Gasteiger partial charge in [0, 0.05) is 29.2 Å². The van der Waals surface area contributed by atoms with Crippen LogP contribution in [0.1, 0.15) is 23.1 Å². The Morgan fingerprint density at radius 3 is 2.48 bits per heavy atom. The first-order chi connectivity index (χ1) is 15.9. The third kappa shape index (κ3) is 6.66. The molecule has 33 heavy (non-hydrogen) atoms. The van der Waals surface area contributed by atoms with E-state index in [9.17, 15) is 8.78 Å². The van der Waals surface area contributed by atoms with E-state index < -0.39 is 11.6 Å². The molecule has 0 bridgehead atoms. The molecule has 0 unspecified atom stereocenters. The fourth-order valence-electron chi connectivity index (χ4n) is 3.29. The number of nitrogens with zero attached hydrogens (tertiary/aromatic N) is 1. The standard InChI is InChI=1S/C25H26ClF2N3O2/c1-32-24-14-18(5-10-23(24)33-16-19-13-21(27)8-9-22(19)28)25(30)31(12-2-11-29)15-17-3-6-20(26)7-4-17/h3-10,13-14,30H,2,11-12,15-16,29H2,1H3. The van der Waals surface area contributed by atoms with Crippen molar-refractivity contribution in [2.75, 3.05) is 20.2 Å². The number of nitrogens with two attached hydrogens (primary N) is 1. The van der Waals surface area contributed by atoms with E-state index in [1.807, 2.05) is 29.2 Å². The maximum atomic E-state index is 13.9. The number of methoxy groups -OCH3 is 1. The van der Waals surface area contributed by atoms with Gasteiger partial charge in [-0.2, -0.15) is 0 Å². The summed E-state index contributed by atoms with van der Waals surface area (Å²) in [6, 6.07) is 15.8. The Balaban J connectivity index is 1.77. The number of nitrogens with one attached hydrogen (secondary N) is 1. The van der Waals surface area contributed by atoms with Crippen LogP contribution in [-0.2, 0) is 13.2 Å². The molecule has 3 aromatic carbocycles. The van der Waals surface area contributed by atoms with E-state index in [1.54, 1.807) is 18.2 Å². The first kappa shape index (κ1) is 24.5. The number of amidine groups is 1. The fourth-order valence-corrected chi connectivity index (χ4v) is 3.41. The van der Waals surface area contributed by atoms with Crippen LogP contribution in [-0.4, -0.2) is 30.9 Å². The second kappa shape index (κ2) is 11.6. The molecule has 0 saturated carbocycles. The van der Waals surface area contributed by atoms with Gasteiger partial charge >= 0.3 is 0 Å². The summed E-state index contributed by atoms with van der Waals surface area (Å²) in [4.78, 5) is 1.92. The Morgan fingerprint density at radius 1 is 1.03 bits per heavy atom. The van der Waals surface area contributed by atoms with Gasteiger partial charge in [0.25, 0.3) is 0 Å². The Morgan fingerprint density at radius 2 is 1.79 bits per heavy atom. The second-order valence-electron chi connectivity index (χ2n) is 7.43. The first-order valence-electron chi connectivity index (χ1n) is 10.4. The lowest BCUT2D eigenvalue weighted by atomic mass is 10.1. The fraction of sp³-hybridized carbons (Fsp3) is 0.240. The highest BCUT2D eigenvalue weighted by molar-refractivity contribution is 6.30. The van der Waals surface area contributed by atoms with Crippen molar-refractivity contribution < 1.29 is 18.3 Å². The first-order valence-corrected chi connectivity index (χ1v) is 10.8. The SMILES string of the molecule is COc1cc(C(=N)N(CCCN)Cc2ccc(Cl)cc2)ccc1OCc1cc(F)ccc1F. The van der Waals surface area contributed by atoms with Crippen molar-refractivity contribution in [1.29, 1.82) is 5.41 Å². The summed E-state index contributed by atoms with van der Waals surface area (Å²) < 4.78 is 38.4. The Bertz CT molecular complexity index is 1090. The van der Waals surface area contributed by atoms with Crippen LogP contribution >= 0.6 is 11.6 Å². The van der Waals surface area contributed by atoms with Crippen molar-refractivity contribution in [3.63, 3.8) is 0 Å². The second-order valence-corrected chi connectivity index (χ2v) is 7.87. The molecule has 3 aromatic rings. The summed E-state index contributed by atoms with van der Waals surface area (Å²) in [7, 11) is 1.48. The molecule has 0 aliphatic carbocycles. The number of halogens is 3. The average Bonchev–Trinajstić information content (AvgIpc) is 2.83. The highest BCUT2D eigenvalue weighted by atomic mass is 35.5. The molecular formula is C25H26ClF2N3O2. The van der Waals surface area contributed by atoms with Gasteiger partial charge in [0.1, 0.15) is 24.1 Å². The van der Waals surface area contributed by atoms with Crippen molar-refractivity contribution in [3.8, 4) is 11.5 Å². The van der Waals surface area contributed by atoms with Crippen LogP contribution in [0.25, 0.3) is 0 Å². The smallest absolute Gasteiger partial charge is 0.161 e. The minimum Gasteiger partial charge on any atom is -0.493 e. The minimum absolute atomic E-state index is 0.102. The van der Waals surface area contributed by atoms with E-state index in [0.717, 1.165) is 30.2 Å². The molecule has 0 atom stereocenters. The topological polar surface area (TPSA) is 71.6 Å². The van der Waals surface area contributed by atoms with Gasteiger partial charge in [-0.15, -0.1) is 0 Å². The van der Waals surface area contributed by atoms with Crippen LogP contribution in [0.5, 0.6) is 11.5 Å². The van der Waals surface area contributed by atoms with Gasteiger partial charge in [-0.3, -0.25) is 5.41 Å². The lowest BCUT2D eigenvalue weighted by molar-refractivity contribution is 0.279. The van der Waals surface area contributed by atoms with E-state index in [-0.39, 0.29) is 12.2 Å². The Labute approximate surface area is 197 Å². The lowest BCUT2D eigenvalue weighted by Gasteiger charge is -2.26. The average molecular weight is 474 g/mol. The minimum atomic E-state index is -0.550. The lowest BCUT2D eigenvalue weighted by Crippen LogP contribution is -2.32. The summed E-state index contributed by atoms with van der Waals surface area (Å²) in [5.41, 5.74) is 7.44. The molecular weight excluding hydrogens is 448 g/mol. The number of rotatable bonds is 10. The molecule has 5 nitrogen and oxygen atoms in total. The van der Waals surface area contributed by atoms with Crippen molar-refractivity contribution in [2.45, 2.75) is 19.6 Å². The van der Waals surface area contributed by atoms with Gasteiger partial charge in [0.2, 0.25) is 0 Å².